The minimum absolute atomic E-state index is 0.134. The highest BCUT2D eigenvalue weighted by atomic mass is 16.5. The molecule has 0 aromatic heterocycles. The molecule has 0 radical (unpaired) electrons. The fourth-order valence-electron chi connectivity index (χ4n) is 4.49. The topological polar surface area (TPSA) is 57.1 Å². The van der Waals surface area contributed by atoms with E-state index in [1.54, 1.807) is 0 Å². The van der Waals surface area contributed by atoms with Gasteiger partial charge < -0.3 is 20.1 Å². The lowest BCUT2D eigenvalue weighted by atomic mass is 10.1. The van der Waals surface area contributed by atoms with Crippen molar-refractivity contribution in [2.45, 2.75) is 70.0 Å². The van der Waals surface area contributed by atoms with Crippen molar-refractivity contribution in [3.8, 4) is 0 Å². The van der Waals surface area contributed by atoms with Gasteiger partial charge in [0, 0.05) is 39.2 Å². The monoisotopic (exact) mass is 337 g/mol. The molecule has 138 valence electrons. The Balaban J connectivity index is 1.36. The highest BCUT2D eigenvalue weighted by Crippen LogP contribution is 2.26. The van der Waals surface area contributed by atoms with Gasteiger partial charge in [-0.2, -0.15) is 0 Å². The van der Waals surface area contributed by atoms with Gasteiger partial charge in [-0.3, -0.25) is 4.99 Å². The highest BCUT2D eigenvalue weighted by molar-refractivity contribution is 5.80. The molecule has 2 aliphatic carbocycles. The SMILES string of the molecule is CN=C(NCC1CCCC1O)N1CCC(OCC2CCCC2)CC1. The summed E-state index contributed by atoms with van der Waals surface area (Å²) in [7, 11) is 1.86. The summed E-state index contributed by atoms with van der Waals surface area (Å²) in [5.74, 6) is 2.19. The first-order valence-electron chi connectivity index (χ1n) is 10.0. The van der Waals surface area contributed by atoms with E-state index < -0.39 is 0 Å². The van der Waals surface area contributed by atoms with Gasteiger partial charge in [-0.1, -0.05) is 19.3 Å². The number of rotatable bonds is 5. The molecule has 0 amide bonds. The fourth-order valence-corrected chi connectivity index (χ4v) is 4.49. The molecule has 1 heterocycles. The van der Waals surface area contributed by atoms with Crippen LogP contribution in [0.3, 0.4) is 0 Å². The Morgan fingerprint density at radius 1 is 1.08 bits per heavy atom. The second-order valence-corrected chi connectivity index (χ2v) is 7.86. The number of guanidine groups is 1. The van der Waals surface area contributed by atoms with E-state index in [0.29, 0.717) is 12.0 Å². The average Bonchev–Trinajstić information content (AvgIpc) is 3.26. The summed E-state index contributed by atoms with van der Waals surface area (Å²) < 4.78 is 6.16. The zero-order chi connectivity index (χ0) is 16.8. The van der Waals surface area contributed by atoms with E-state index in [1.807, 2.05) is 7.05 Å². The first kappa shape index (κ1) is 18.0. The molecular weight excluding hydrogens is 302 g/mol. The summed E-state index contributed by atoms with van der Waals surface area (Å²) in [5.41, 5.74) is 0. The van der Waals surface area contributed by atoms with Crippen molar-refractivity contribution in [2.24, 2.45) is 16.8 Å². The Labute approximate surface area is 146 Å². The Bertz CT molecular complexity index is 401. The maximum atomic E-state index is 9.96. The van der Waals surface area contributed by atoms with Gasteiger partial charge in [0.25, 0.3) is 0 Å². The number of aliphatic hydroxyl groups is 1. The summed E-state index contributed by atoms with van der Waals surface area (Å²) in [6.45, 7) is 3.84. The molecule has 2 unspecified atom stereocenters. The molecule has 2 saturated carbocycles. The van der Waals surface area contributed by atoms with E-state index in [1.165, 1.54) is 25.7 Å². The molecule has 2 atom stereocenters. The van der Waals surface area contributed by atoms with Crippen LogP contribution in [0.2, 0.25) is 0 Å². The fraction of sp³-hybridized carbons (Fsp3) is 0.947. The smallest absolute Gasteiger partial charge is 0.193 e. The zero-order valence-electron chi connectivity index (χ0n) is 15.3. The predicted octanol–water partition coefficient (Wildman–Crippen LogP) is 2.39. The molecule has 24 heavy (non-hydrogen) atoms. The number of hydrogen-bond acceptors (Lipinski definition) is 3. The molecule has 0 bridgehead atoms. The Kier molecular flexibility index (Phi) is 6.78. The van der Waals surface area contributed by atoms with E-state index in [4.69, 9.17) is 4.74 Å². The Morgan fingerprint density at radius 3 is 2.46 bits per heavy atom. The highest BCUT2D eigenvalue weighted by Gasteiger charge is 2.27. The quantitative estimate of drug-likeness (QED) is 0.597. The number of aliphatic imine (C=N–C) groups is 1. The largest absolute Gasteiger partial charge is 0.393 e. The van der Waals surface area contributed by atoms with Crippen molar-refractivity contribution in [1.82, 2.24) is 10.2 Å². The van der Waals surface area contributed by atoms with Crippen LogP contribution in [0.15, 0.2) is 4.99 Å². The van der Waals surface area contributed by atoms with E-state index >= 15 is 0 Å². The van der Waals surface area contributed by atoms with Crippen LogP contribution >= 0.6 is 0 Å². The van der Waals surface area contributed by atoms with Gasteiger partial charge in [0.2, 0.25) is 0 Å². The molecule has 1 saturated heterocycles. The number of aliphatic hydroxyl groups excluding tert-OH is 1. The third-order valence-electron chi connectivity index (χ3n) is 6.14. The van der Waals surface area contributed by atoms with Crippen molar-refractivity contribution in [2.75, 3.05) is 33.3 Å². The van der Waals surface area contributed by atoms with Gasteiger partial charge in [0.05, 0.1) is 12.2 Å². The summed E-state index contributed by atoms with van der Waals surface area (Å²) >= 11 is 0. The van der Waals surface area contributed by atoms with E-state index in [-0.39, 0.29) is 6.10 Å². The minimum atomic E-state index is -0.134. The lowest BCUT2D eigenvalue weighted by Gasteiger charge is -2.35. The van der Waals surface area contributed by atoms with Crippen LogP contribution in [0.25, 0.3) is 0 Å². The summed E-state index contributed by atoms with van der Waals surface area (Å²) in [4.78, 5) is 6.78. The molecule has 5 nitrogen and oxygen atoms in total. The van der Waals surface area contributed by atoms with Gasteiger partial charge in [-0.05, 0) is 44.4 Å². The molecular formula is C19H35N3O2. The van der Waals surface area contributed by atoms with Crippen molar-refractivity contribution in [1.29, 1.82) is 0 Å². The van der Waals surface area contributed by atoms with Gasteiger partial charge in [-0.25, -0.2) is 0 Å². The number of nitrogens with one attached hydrogen (secondary N) is 1. The zero-order valence-corrected chi connectivity index (χ0v) is 15.3. The normalized spacial score (nSPS) is 30.2. The minimum Gasteiger partial charge on any atom is -0.393 e. The van der Waals surface area contributed by atoms with Crippen LogP contribution in [-0.2, 0) is 4.74 Å². The predicted molar refractivity (Wildman–Crippen MR) is 97.2 cm³/mol. The van der Waals surface area contributed by atoms with E-state index in [0.717, 1.165) is 70.2 Å². The maximum Gasteiger partial charge on any atom is 0.193 e. The molecule has 5 heteroatoms. The summed E-state index contributed by atoms with van der Waals surface area (Å²) in [5, 5.41) is 13.4. The maximum absolute atomic E-state index is 9.96. The molecule has 0 aromatic rings. The van der Waals surface area contributed by atoms with Crippen LogP contribution in [0, 0.1) is 11.8 Å². The van der Waals surface area contributed by atoms with E-state index in [2.05, 4.69) is 15.2 Å². The van der Waals surface area contributed by atoms with E-state index in [9.17, 15) is 5.11 Å². The summed E-state index contributed by atoms with van der Waals surface area (Å²) in [6.07, 6.45) is 11.2. The number of ether oxygens (including phenoxy) is 1. The first-order chi connectivity index (χ1) is 11.8. The third-order valence-corrected chi connectivity index (χ3v) is 6.14. The van der Waals surface area contributed by atoms with Gasteiger partial charge >= 0.3 is 0 Å². The molecule has 0 spiro atoms. The average molecular weight is 338 g/mol. The molecule has 3 aliphatic rings. The molecule has 3 fully saturated rings. The van der Waals surface area contributed by atoms with Crippen molar-refractivity contribution in [3.63, 3.8) is 0 Å². The lowest BCUT2D eigenvalue weighted by molar-refractivity contribution is 0.000963. The Morgan fingerprint density at radius 2 is 1.83 bits per heavy atom. The Hall–Kier alpha value is -0.810. The second-order valence-electron chi connectivity index (χ2n) is 7.86. The van der Waals surface area contributed by atoms with Crippen LogP contribution in [0.1, 0.15) is 57.8 Å². The van der Waals surface area contributed by atoms with Gasteiger partial charge in [0.15, 0.2) is 5.96 Å². The van der Waals surface area contributed by atoms with Crippen LogP contribution in [-0.4, -0.2) is 61.5 Å². The van der Waals surface area contributed by atoms with Crippen LogP contribution < -0.4 is 5.32 Å². The standard InChI is InChI=1S/C19H35N3O2/c1-20-19(21-13-16-7-4-8-18(16)23)22-11-9-17(10-12-22)24-14-15-5-2-3-6-15/h15-18,23H,2-14H2,1H3,(H,20,21). The number of likely N-dealkylation sites (tertiary alicyclic amines) is 1. The first-order valence-corrected chi connectivity index (χ1v) is 10.0. The summed E-state index contributed by atoms with van der Waals surface area (Å²) in [6, 6.07) is 0. The number of nitrogens with zero attached hydrogens (tertiary/aromatic N) is 2. The lowest BCUT2D eigenvalue weighted by Crippen LogP contribution is -2.48. The van der Waals surface area contributed by atoms with Gasteiger partial charge in [0.1, 0.15) is 0 Å². The van der Waals surface area contributed by atoms with Crippen LogP contribution in [0.5, 0.6) is 0 Å². The van der Waals surface area contributed by atoms with Gasteiger partial charge in [-0.15, -0.1) is 0 Å². The molecule has 2 N–H and O–H groups in total. The number of piperidine rings is 1. The van der Waals surface area contributed by atoms with Crippen molar-refractivity contribution >= 4 is 5.96 Å². The van der Waals surface area contributed by atoms with Crippen molar-refractivity contribution < 1.29 is 9.84 Å². The molecule has 0 aromatic carbocycles. The van der Waals surface area contributed by atoms with Crippen molar-refractivity contribution in [3.05, 3.63) is 0 Å². The molecule has 1 aliphatic heterocycles. The van der Waals surface area contributed by atoms with Crippen LogP contribution in [0.4, 0.5) is 0 Å². The third kappa shape index (κ3) is 4.85. The number of hydrogen-bond donors (Lipinski definition) is 2. The second kappa shape index (κ2) is 9.04. The molecule has 3 rings (SSSR count).